The molecule has 1 aliphatic heterocycles. The average molecular weight is 328 g/mol. The maximum absolute atomic E-state index is 12.3. The van der Waals surface area contributed by atoms with Crippen LogP contribution in [-0.4, -0.2) is 45.3 Å². The molecule has 0 bridgehead atoms. The maximum atomic E-state index is 12.3. The minimum Gasteiger partial charge on any atom is -0.483 e. The first-order valence-corrected chi connectivity index (χ1v) is 8.35. The highest BCUT2D eigenvalue weighted by Crippen LogP contribution is 2.26. The number of aromatic nitrogens is 3. The van der Waals surface area contributed by atoms with E-state index in [1.54, 1.807) is 4.90 Å². The van der Waals surface area contributed by atoms with Gasteiger partial charge in [-0.2, -0.15) is 5.10 Å². The van der Waals surface area contributed by atoms with Gasteiger partial charge in [0.25, 0.3) is 5.91 Å². The number of para-hydroxylation sites is 1. The number of nitrogens with zero attached hydrogens (tertiary/aromatic N) is 4. The van der Waals surface area contributed by atoms with Crippen LogP contribution in [0.1, 0.15) is 43.0 Å². The van der Waals surface area contributed by atoms with Gasteiger partial charge in [-0.3, -0.25) is 4.79 Å². The predicted molar refractivity (Wildman–Crippen MR) is 91.1 cm³/mol. The first-order valence-electron chi connectivity index (χ1n) is 8.35. The number of amides is 1. The number of likely N-dealkylation sites (tertiary alicyclic amines) is 1. The van der Waals surface area contributed by atoms with Gasteiger partial charge in [-0.25, -0.2) is 9.67 Å². The minimum absolute atomic E-state index is 0.0132. The van der Waals surface area contributed by atoms with Crippen LogP contribution in [0.25, 0.3) is 0 Å². The molecule has 0 spiro atoms. The largest absolute Gasteiger partial charge is 0.483 e. The lowest BCUT2D eigenvalue weighted by molar-refractivity contribution is -0.139. The quantitative estimate of drug-likeness (QED) is 0.846. The van der Waals surface area contributed by atoms with Gasteiger partial charge in [0.15, 0.2) is 6.61 Å². The highest BCUT2D eigenvalue weighted by molar-refractivity contribution is 5.78. The van der Waals surface area contributed by atoms with Gasteiger partial charge in [0.05, 0.1) is 6.04 Å². The van der Waals surface area contributed by atoms with E-state index in [0.29, 0.717) is 19.0 Å². The molecule has 0 radical (unpaired) electrons. The highest BCUT2D eigenvalue weighted by atomic mass is 16.5. The number of hydrogen-bond acceptors (Lipinski definition) is 4. The summed E-state index contributed by atoms with van der Waals surface area (Å²) >= 11 is 0. The molecule has 2 aromatic rings. The Hall–Kier alpha value is -2.37. The van der Waals surface area contributed by atoms with Crippen LogP contribution in [0.5, 0.6) is 5.75 Å². The van der Waals surface area contributed by atoms with Crippen LogP contribution in [0.2, 0.25) is 0 Å². The van der Waals surface area contributed by atoms with Crippen molar-refractivity contribution in [2.75, 3.05) is 19.7 Å². The average Bonchev–Trinajstić information content (AvgIpc) is 2.82. The van der Waals surface area contributed by atoms with E-state index in [1.807, 2.05) is 42.8 Å². The number of rotatable bonds is 5. The zero-order chi connectivity index (χ0) is 17.3. The van der Waals surface area contributed by atoms with E-state index in [0.717, 1.165) is 23.0 Å². The molecular weight excluding hydrogens is 304 g/mol. The fraction of sp³-hybridized carbons (Fsp3) is 0.500. The lowest BCUT2D eigenvalue weighted by Gasteiger charge is -2.39. The van der Waals surface area contributed by atoms with E-state index in [1.165, 1.54) is 0 Å². The van der Waals surface area contributed by atoms with Gasteiger partial charge < -0.3 is 9.64 Å². The smallest absolute Gasteiger partial charge is 0.260 e. The monoisotopic (exact) mass is 328 g/mol. The Morgan fingerprint density at radius 3 is 2.62 bits per heavy atom. The lowest BCUT2D eigenvalue weighted by Crippen LogP contribution is -2.52. The molecule has 128 valence electrons. The maximum Gasteiger partial charge on any atom is 0.260 e. The molecule has 0 atom stereocenters. The summed E-state index contributed by atoms with van der Waals surface area (Å²) in [6, 6.07) is 8.11. The molecule has 0 N–H and O–H groups in total. The summed E-state index contributed by atoms with van der Waals surface area (Å²) in [4.78, 5) is 18.4. The third-order valence-electron chi connectivity index (χ3n) is 4.36. The number of ether oxygens (including phenoxy) is 1. The predicted octanol–water partition coefficient (Wildman–Crippen LogP) is 2.48. The molecule has 6 heteroatoms. The van der Waals surface area contributed by atoms with Crippen LogP contribution in [0.15, 0.2) is 24.3 Å². The summed E-state index contributed by atoms with van der Waals surface area (Å²) in [5.41, 5.74) is 1.13. The van der Waals surface area contributed by atoms with Crippen molar-refractivity contribution in [3.63, 3.8) is 0 Å². The van der Waals surface area contributed by atoms with Crippen molar-refractivity contribution in [2.24, 2.45) is 0 Å². The summed E-state index contributed by atoms with van der Waals surface area (Å²) in [5, 5.41) is 4.39. The van der Waals surface area contributed by atoms with E-state index in [9.17, 15) is 4.79 Å². The minimum atomic E-state index is 0.0132. The number of carbonyl (C=O) groups excluding carboxylic acids is 1. The van der Waals surface area contributed by atoms with Crippen LogP contribution >= 0.6 is 0 Å². The van der Waals surface area contributed by atoms with Crippen LogP contribution in [-0.2, 0) is 4.79 Å². The molecule has 1 aliphatic rings. The fourth-order valence-corrected chi connectivity index (χ4v) is 3.02. The molecule has 24 heavy (non-hydrogen) atoms. The van der Waals surface area contributed by atoms with Gasteiger partial charge in [0, 0.05) is 13.1 Å². The summed E-state index contributed by atoms with van der Waals surface area (Å²) in [6.45, 7) is 9.46. The van der Waals surface area contributed by atoms with Crippen LogP contribution < -0.4 is 4.74 Å². The van der Waals surface area contributed by atoms with E-state index in [4.69, 9.17) is 4.74 Å². The van der Waals surface area contributed by atoms with E-state index >= 15 is 0 Å². The van der Waals surface area contributed by atoms with Crippen molar-refractivity contribution in [3.8, 4) is 5.75 Å². The Morgan fingerprint density at radius 1 is 1.29 bits per heavy atom. The zero-order valence-corrected chi connectivity index (χ0v) is 14.7. The molecule has 0 unspecified atom stereocenters. The second-order valence-electron chi connectivity index (χ2n) is 6.58. The fourth-order valence-electron chi connectivity index (χ4n) is 3.02. The van der Waals surface area contributed by atoms with Crippen LogP contribution in [0, 0.1) is 13.8 Å². The second-order valence-corrected chi connectivity index (χ2v) is 6.58. The molecule has 1 aromatic carbocycles. The highest BCUT2D eigenvalue weighted by Gasteiger charge is 2.33. The summed E-state index contributed by atoms with van der Waals surface area (Å²) in [6.07, 6.45) is 0. The molecule has 2 heterocycles. The third-order valence-corrected chi connectivity index (χ3v) is 4.36. The van der Waals surface area contributed by atoms with E-state index in [-0.39, 0.29) is 18.6 Å². The molecule has 1 saturated heterocycles. The Balaban J connectivity index is 1.54. The summed E-state index contributed by atoms with van der Waals surface area (Å²) < 4.78 is 7.67. The standard InChI is InChI=1S/C18H24N4O2/c1-12(2)16-7-5-6-8-17(16)24-11-18(23)21-9-15(10-21)22-14(4)19-13(3)20-22/h5-8,12,15H,9-11H2,1-4H3. The molecule has 6 nitrogen and oxygen atoms in total. The molecule has 0 saturated carbocycles. The SMILES string of the molecule is Cc1nc(C)n(C2CN(C(=O)COc3ccccc3C(C)C)C2)n1. The topological polar surface area (TPSA) is 60.2 Å². The lowest BCUT2D eigenvalue weighted by atomic mass is 10.0. The summed E-state index contributed by atoms with van der Waals surface area (Å²) in [7, 11) is 0. The first kappa shape index (κ1) is 16.5. The van der Waals surface area contributed by atoms with Crippen molar-refractivity contribution in [3.05, 3.63) is 41.5 Å². The molecule has 1 amide bonds. The van der Waals surface area contributed by atoms with Gasteiger partial charge >= 0.3 is 0 Å². The number of hydrogen-bond donors (Lipinski definition) is 0. The van der Waals surface area contributed by atoms with Crippen molar-refractivity contribution in [1.82, 2.24) is 19.7 Å². The Morgan fingerprint density at radius 2 is 2.00 bits per heavy atom. The van der Waals surface area contributed by atoms with Crippen molar-refractivity contribution in [1.29, 1.82) is 0 Å². The Bertz CT molecular complexity index is 732. The van der Waals surface area contributed by atoms with Crippen molar-refractivity contribution >= 4 is 5.91 Å². The number of aryl methyl sites for hydroxylation is 2. The van der Waals surface area contributed by atoms with E-state index in [2.05, 4.69) is 23.9 Å². The van der Waals surface area contributed by atoms with Gasteiger partial charge in [0.2, 0.25) is 0 Å². The second kappa shape index (κ2) is 6.63. The Kier molecular flexibility index (Phi) is 4.55. The number of benzene rings is 1. The Labute approximate surface area is 142 Å². The van der Waals surface area contributed by atoms with Gasteiger partial charge in [-0.05, 0) is 31.4 Å². The van der Waals surface area contributed by atoms with Crippen LogP contribution in [0.4, 0.5) is 0 Å². The normalized spacial score (nSPS) is 14.8. The van der Waals surface area contributed by atoms with Crippen molar-refractivity contribution < 1.29 is 9.53 Å². The number of carbonyl (C=O) groups is 1. The third kappa shape index (κ3) is 3.27. The zero-order valence-electron chi connectivity index (χ0n) is 14.7. The summed E-state index contributed by atoms with van der Waals surface area (Å²) in [5.74, 6) is 2.83. The molecular formula is C18H24N4O2. The molecule has 1 fully saturated rings. The van der Waals surface area contributed by atoms with Crippen molar-refractivity contribution in [2.45, 2.75) is 39.7 Å². The van der Waals surface area contributed by atoms with Gasteiger partial charge in [0.1, 0.15) is 17.4 Å². The van der Waals surface area contributed by atoms with Gasteiger partial charge in [-0.15, -0.1) is 0 Å². The van der Waals surface area contributed by atoms with Crippen LogP contribution in [0.3, 0.4) is 0 Å². The molecule has 3 rings (SSSR count). The molecule has 0 aliphatic carbocycles. The van der Waals surface area contributed by atoms with E-state index < -0.39 is 0 Å². The molecule has 1 aromatic heterocycles. The first-order chi connectivity index (χ1) is 11.5. The van der Waals surface area contributed by atoms with Gasteiger partial charge in [-0.1, -0.05) is 32.0 Å².